The van der Waals surface area contributed by atoms with Crippen molar-refractivity contribution in [1.29, 1.82) is 0 Å². The molecule has 15 heavy (non-hydrogen) atoms. The standard InChI is InChI=1S/C12H15Cl2N/c1-8(2)7-11(15-3)12-9(13)5-4-6-10(12)14/h4-7,11,15H,1-3H3. The molecule has 1 atom stereocenters. The Morgan fingerprint density at radius 2 is 1.80 bits per heavy atom. The van der Waals surface area contributed by atoms with Crippen molar-refractivity contribution < 1.29 is 0 Å². The fraction of sp³-hybridized carbons (Fsp3) is 0.333. The van der Waals surface area contributed by atoms with Crippen molar-refractivity contribution in [2.24, 2.45) is 0 Å². The Morgan fingerprint density at radius 1 is 1.27 bits per heavy atom. The van der Waals surface area contributed by atoms with E-state index in [0.717, 1.165) is 5.56 Å². The lowest BCUT2D eigenvalue weighted by Gasteiger charge is -2.16. The number of halogens is 2. The smallest absolute Gasteiger partial charge is 0.0536 e. The van der Waals surface area contributed by atoms with Gasteiger partial charge in [0.1, 0.15) is 0 Å². The molecule has 0 saturated carbocycles. The second kappa shape index (κ2) is 5.55. The molecule has 1 nitrogen and oxygen atoms in total. The fourth-order valence-electron chi connectivity index (χ4n) is 1.45. The van der Waals surface area contributed by atoms with E-state index in [-0.39, 0.29) is 6.04 Å². The SMILES string of the molecule is CNC(C=C(C)C)c1c(Cl)cccc1Cl. The Bertz CT molecular complexity index is 348. The van der Waals surface area contributed by atoms with Crippen LogP contribution in [-0.4, -0.2) is 7.05 Å². The predicted octanol–water partition coefficient (Wildman–Crippen LogP) is 4.22. The van der Waals surface area contributed by atoms with Gasteiger partial charge in [-0.25, -0.2) is 0 Å². The normalized spacial score (nSPS) is 12.3. The van der Waals surface area contributed by atoms with Crippen LogP contribution in [0.3, 0.4) is 0 Å². The van der Waals surface area contributed by atoms with Gasteiger partial charge < -0.3 is 5.32 Å². The van der Waals surface area contributed by atoms with Crippen molar-refractivity contribution in [1.82, 2.24) is 5.32 Å². The molecule has 0 radical (unpaired) electrons. The highest BCUT2D eigenvalue weighted by atomic mass is 35.5. The summed E-state index contributed by atoms with van der Waals surface area (Å²) >= 11 is 12.3. The topological polar surface area (TPSA) is 12.0 Å². The molecule has 0 aliphatic rings. The van der Waals surface area contributed by atoms with Crippen LogP contribution in [0.1, 0.15) is 25.5 Å². The average Bonchev–Trinajstić information content (AvgIpc) is 2.15. The minimum Gasteiger partial charge on any atom is -0.310 e. The van der Waals surface area contributed by atoms with Gasteiger partial charge in [0.25, 0.3) is 0 Å². The monoisotopic (exact) mass is 243 g/mol. The minimum atomic E-state index is 0.0659. The van der Waals surface area contributed by atoms with E-state index < -0.39 is 0 Å². The zero-order valence-electron chi connectivity index (χ0n) is 9.14. The Morgan fingerprint density at radius 3 is 2.20 bits per heavy atom. The average molecular weight is 244 g/mol. The van der Waals surface area contributed by atoms with Crippen LogP contribution >= 0.6 is 23.2 Å². The molecule has 0 aromatic heterocycles. The molecule has 1 aromatic carbocycles. The van der Waals surface area contributed by atoms with Crippen molar-refractivity contribution in [2.45, 2.75) is 19.9 Å². The summed E-state index contributed by atoms with van der Waals surface area (Å²) in [6, 6.07) is 5.62. The van der Waals surface area contributed by atoms with E-state index in [0.29, 0.717) is 10.0 Å². The van der Waals surface area contributed by atoms with Crippen LogP contribution in [0, 0.1) is 0 Å². The molecule has 1 unspecified atom stereocenters. The zero-order chi connectivity index (χ0) is 11.4. The lowest BCUT2D eigenvalue weighted by Crippen LogP contribution is -2.15. The van der Waals surface area contributed by atoms with Crippen LogP contribution in [0.15, 0.2) is 29.8 Å². The van der Waals surface area contributed by atoms with E-state index >= 15 is 0 Å². The third-order valence-electron chi connectivity index (χ3n) is 2.12. The zero-order valence-corrected chi connectivity index (χ0v) is 10.7. The lowest BCUT2D eigenvalue weighted by molar-refractivity contribution is 0.710. The first-order chi connectivity index (χ1) is 7.06. The second-order valence-electron chi connectivity index (χ2n) is 3.65. The maximum atomic E-state index is 6.13. The van der Waals surface area contributed by atoms with Gasteiger partial charge in [-0.1, -0.05) is 40.9 Å². The highest BCUT2D eigenvalue weighted by Gasteiger charge is 2.13. The second-order valence-corrected chi connectivity index (χ2v) is 4.46. The van der Waals surface area contributed by atoms with Crippen LogP contribution < -0.4 is 5.32 Å². The van der Waals surface area contributed by atoms with Gasteiger partial charge in [0.2, 0.25) is 0 Å². The number of benzene rings is 1. The van der Waals surface area contributed by atoms with Crippen LogP contribution in [-0.2, 0) is 0 Å². The summed E-state index contributed by atoms with van der Waals surface area (Å²) in [6.45, 7) is 4.10. The van der Waals surface area contributed by atoms with Gasteiger partial charge in [0.05, 0.1) is 6.04 Å². The van der Waals surface area contributed by atoms with Gasteiger partial charge in [-0.2, -0.15) is 0 Å². The van der Waals surface area contributed by atoms with Crippen molar-refractivity contribution in [3.8, 4) is 0 Å². The molecular formula is C12H15Cl2N. The van der Waals surface area contributed by atoms with Gasteiger partial charge in [0.15, 0.2) is 0 Å². The van der Waals surface area contributed by atoms with E-state index in [1.165, 1.54) is 5.57 Å². The highest BCUT2D eigenvalue weighted by molar-refractivity contribution is 6.36. The minimum absolute atomic E-state index is 0.0659. The highest BCUT2D eigenvalue weighted by Crippen LogP contribution is 2.31. The Labute approximate surface area is 101 Å². The molecule has 82 valence electrons. The summed E-state index contributed by atoms with van der Waals surface area (Å²) < 4.78 is 0. The van der Waals surface area contributed by atoms with E-state index in [1.807, 2.05) is 25.2 Å². The molecule has 1 aromatic rings. The number of likely N-dealkylation sites (N-methyl/N-ethyl adjacent to an activating group) is 1. The number of nitrogens with one attached hydrogen (secondary N) is 1. The summed E-state index contributed by atoms with van der Waals surface area (Å²) in [4.78, 5) is 0. The van der Waals surface area contributed by atoms with Gasteiger partial charge in [-0.05, 0) is 33.0 Å². The van der Waals surface area contributed by atoms with Gasteiger partial charge in [0, 0.05) is 15.6 Å². The van der Waals surface area contributed by atoms with Gasteiger partial charge in [-0.3, -0.25) is 0 Å². The summed E-state index contributed by atoms with van der Waals surface area (Å²) in [5, 5.41) is 4.57. The predicted molar refractivity (Wildman–Crippen MR) is 67.7 cm³/mol. The molecule has 1 rings (SSSR count). The van der Waals surface area contributed by atoms with Crippen LogP contribution in [0.25, 0.3) is 0 Å². The first kappa shape index (κ1) is 12.6. The molecule has 0 fully saturated rings. The van der Waals surface area contributed by atoms with E-state index in [9.17, 15) is 0 Å². The van der Waals surface area contributed by atoms with Crippen LogP contribution in [0.4, 0.5) is 0 Å². The van der Waals surface area contributed by atoms with Gasteiger partial charge in [-0.15, -0.1) is 0 Å². The van der Waals surface area contributed by atoms with Crippen molar-refractivity contribution in [3.05, 3.63) is 45.5 Å². The molecule has 0 aliphatic heterocycles. The van der Waals surface area contributed by atoms with E-state index in [4.69, 9.17) is 23.2 Å². The quantitative estimate of drug-likeness (QED) is 0.785. The van der Waals surface area contributed by atoms with E-state index in [1.54, 1.807) is 0 Å². The lowest BCUT2D eigenvalue weighted by atomic mass is 10.0. The van der Waals surface area contributed by atoms with Crippen molar-refractivity contribution in [2.75, 3.05) is 7.05 Å². The molecule has 0 heterocycles. The van der Waals surface area contributed by atoms with Crippen LogP contribution in [0.5, 0.6) is 0 Å². The number of rotatable bonds is 3. The summed E-state index contributed by atoms with van der Waals surface area (Å²) in [7, 11) is 1.89. The molecule has 0 aliphatic carbocycles. The summed E-state index contributed by atoms with van der Waals surface area (Å²) in [6.07, 6.45) is 2.10. The van der Waals surface area contributed by atoms with Gasteiger partial charge >= 0.3 is 0 Å². The largest absolute Gasteiger partial charge is 0.310 e. The third kappa shape index (κ3) is 3.23. The molecule has 0 amide bonds. The number of allylic oxidation sites excluding steroid dienone is 1. The fourth-order valence-corrected chi connectivity index (χ4v) is 2.08. The summed E-state index contributed by atoms with van der Waals surface area (Å²) in [5.74, 6) is 0. The first-order valence-electron chi connectivity index (χ1n) is 4.82. The number of hydrogen-bond acceptors (Lipinski definition) is 1. The first-order valence-corrected chi connectivity index (χ1v) is 5.58. The molecule has 1 N–H and O–H groups in total. The Kier molecular flexibility index (Phi) is 4.65. The number of hydrogen-bond donors (Lipinski definition) is 1. The third-order valence-corrected chi connectivity index (χ3v) is 2.78. The Balaban J connectivity index is 3.17. The summed E-state index contributed by atoms with van der Waals surface area (Å²) in [5.41, 5.74) is 2.16. The maximum absolute atomic E-state index is 6.13. The van der Waals surface area contributed by atoms with Crippen molar-refractivity contribution in [3.63, 3.8) is 0 Å². The molecule has 3 heteroatoms. The van der Waals surface area contributed by atoms with Crippen LogP contribution in [0.2, 0.25) is 10.0 Å². The molecule has 0 saturated heterocycles. The molecular weight excluding hydrogens is 229 g/mol. The van der Waals surface area contributed by atoms with Crippen molar-refractivity contribution >= 4 is 23.2 Å². The van der Waals surface area contributed by atoms with E-state index in [2.05, 4.69) is 25.2 Å². The molecule has 0 spiro atoms. The maximum Gasteiger partial charge on any atom is 0.0536 e. The Hall–Kier alpha value is -0.500. The molecule has 0 bridgehead atoms.